The van der Waals surface area contributed by atoms with Crippen LogP contribution in [0.15, 0.2) is 28.8 Å². The van der Waals surface area contributed by atoms with E-state index in [0.29, 0.717) is 24.0 Å². The van der Waals surface area contributed by atoms with Gasteiger partial charge in [-0.05, 0) is 44.0 Å². The van der Waals surface area contributed by atoms with E-state index >= 15 is 0 Å². The fraction of sp³-hybridized carbons (Fsp3) is 0.400. The van der Waals surface area contributed by atoms with Gasteiger partial charge in [0.1, 0.15) is 17.6 Å². The minimum absolute atomic E-state index is 0.102. The number of aromatic nitrogens is 2. The smallest absolute Gasteiger partial charge is 0.261 e. The molecule has 0 radical (unpaired) electrons. The molecular formula is C15H16FN3O3. The van der Waals surface area contributed by atoms with Gasteiger partial charge in [-0.1, -0.05) is 5.16 Å². The van der Waals surface area contributed by atoms with Gasteiger partial charge in [0, 0.05) is 6.54 Å². The van der Waals surface area contributed by atoms with Gasteiger partial charge in [0.2, 0.25) is 5.89 Å². The number of hydrogen-bond donors (Lipinski definition) is 0. The van der Waals surface area contributed by atoms with Crippen LogP contribution in [0.3, 0.4) is 0 Å². The van der Waals surface area contributed by atoms with Gasteiger partial charge in [-0.2, -0.15) is 4.98 Å². The van der Waals surface area contributed by atoms with Crippen molar-refractivity contribution in [2.75, 3.05) is 13.2 Å². The molecule has 1 unspecified atom stereocenters. The van der Waals surface area contributed by atoms with Gasteiger partial charge >= 0.3 is 0 Å². The Kier molecular flexibility index (Phi) is 4.04. The Morgan fingerprint density at radius 3 is 2.91 bits per heavy atom. The molecule has 7 heteroatoms. The number of aryl methyl sites for hydroxylation is 1. The summed E-state index contributed by atoms with van der Waals surface area (Å²) >= 11 is 0. The zero-order chi connectivity index (χ0) is 15.5. The van der Waals surface area contributed by atoms with E-state index in [1.165, 1.54) is 24.3 Å². The van der Waals surface area contributed by atoms with E-state index in [1.54, 1.807) is 11.8 Å². The van der Waals surface area contributed by atoms with Gasteiger partial charge in [0.05, 0.1) is 0 Å². The van der Waals surface area contributed by atoms with Crippen LogP contribution in [-0.2, 0) is 4.79 Å². The molecule has 0 N–H and O–H groups in total. The van der Waals surface area contributed by atoms with Gasteiger partial charge in [0.15, 0.2) is 12.4 Å². The van der Waals surface area contributed by atoms with Crippen LogP contribution in [0.2, 0.25) is 0 Å². The van der Waals surface area contributed by atoms with Gasteiger partial charge in [-0.3, -0.25) is 4.79 Å². The summed E-state index contributed by atoms with van der Waals surface area (Å²) in [4.78, 5) is 18.2. The molecule has 1 amide bonds. The third kappa shape index (κ3) is 3.08. The number of nitrogens with zero attached hydrogens (tertiary/aromatic N) is 3. The van der Waals surface area contributed by atoms with Crippen molar-refractivity contribution in [3.05, 3.63) is 41.8 Å². The number of halogens is 1. The van der Waals surface area contributed by atoms with Crippen LogP contribution in [0.4, 0.5) is 4.39 Å². The molecule has 2 aromatic rings. The Bertz CT molecular complexity index is 656. The molecule has 1 aromatic heterocycles. The summed E-state index contributed by atoms with van der Waals surface area (Å²) in [6.45, 7) is 2.28. The number of carbonyl (C=O) groups is 1. The lowest BCUT2D eigenvalue weighted by Crippen LogP contribution is -2.34. The minimum Gasteiger partial charge on any atom is -0.484 e. The molecule has 22 heavy (non-hydrogen) atoms. The lowest BCUT2D eigenvalue weighted by Gasteiger charge is -2.21. The van der Waals surface area contributed by atoms with Gasteiger partial charge in [0.25, 0.3) is 5.91 Å². The van der Waals surface area contributed by atoms with E-state index in [-0.39, 0.29) is 24.4 Å². The average Bonchev–Trinajstić information content (AvgIpc) is 3.14. The first-order chi connectivity index (χ1) is 10.6. The Morgan fingerprint density at radius 2 is 2.23 bits per heavy atom. The van der Waals surface area contributed by atoms with Crippen molar-refractivity contribution in [2.24, 2.45) is 0 Å². The number of rotatable bonds is 4. The predicted molar refractivity (Wildman–Crippen MR) is 74.6 cm³/mol. The van der Waals surface area contributed by atoms with Crippen LogP contribution < -0.4 is 4.74 Å². The predicted octanol–water partition coefficient (Wildman–Crippen LogP) is 2.26. The second-order valence-corrected chi connectivity index (χ2v) is 5.17. The molecule has 6 nitrogen and oxygen atoms in total. The van der Waals surface area contributed by atoms with Crippen molar-refractivity contribution in [3.8, 4) is 5.75 Å². The van der Waals surface area contributed by atoms with Crippen LogP contribution in [0, 0.1) is 12.7 Å². The Balaban J connectivity index is 1.62. The quantitative estimate of drug-likeness (QED) is 0.866. The van der Waals surface area contributed by atoms with Crippen LogP contribution in [0.1, 0.15) is 30.6 Å². The molecule has 1 aliphatic rings. The van der Waals surface area contributed by atoms with Gasteiger partial charge < -0.3 is 14.2 Å². The van der Waals surface area contributed by atoms with E-state index in [2.05, 4.69) is 10.1 Å². The zero-order valence-electron chi connectivity index (χ0n) is 12.2. The third-order valence-corrected chi connectivity index (χ3v) is 3.58. The molecule has 0 aliphatic carbocycles. The summed E-state index contributed by atoms with van der Waals surface area (Å²) in [5.41, 5.74) is 0. The lowest BCUT2D eigenvalue weighted by molar-refractivity contribution is -0.134. The summed E-state index contributed by atoms with van der Waals surface area (Å²) in [7, 11) is 0. The number of benzene rings is 1. The van der Waals surface area contributed by atoms with E-state index in [1.807, 2.05) is 0 Å². The Labute approximate surface area is 126 Å². The first kappa shape index (κ1) is 14.5. The van der Waals surface area contributed by atoms with E-state index in [0.717, 1.165) is 12.8 Å². The van der Waals surface area contributed by atoms with E-state index < -0.39 is 0 Å². The fourth-order valence-corrected chi connectivity index (χ4v) is 2.53. The van der Waals surface area contributed by atoms with Crippen LogP contribution in [0.5, 0.6) is 5.75 Å². The molecule has 0 spiro atoms. The number of ether oxygens (including phenoxy) is 1. The molecule has 0 bridgehead atoms. The second kappa shape index (κ2) is 6.13. The normalized spacial score (nSPS) is 17.7. The summed E-state index contributed by atoms with van der Waals surface area (Å²) in [6.07, 6.45) is 1.68. The molecule has 2 heterocycles. The minimum atomic E-state index is -0.343. The molecule has 1 fully saturated rings. The van der Waals surface area contributed by atoms with E-state index in [4.69, 9.17) is 9.26 Å². The van der Waals surface area contributed by atoms with Gasteiger partial charge in [-0.25, -0.2) is 4.39 Å². The number of hydrogen-bond acceptors (Lipinski definition) is 5. The Morgan fingerprint density at radius 1 is 1.45 bits per heavy atom. The average molecular weight is 305 g/mol. The van der Waals surface area contributed by atoms with Crippen molar-refractivity contribution in [1.82, 2.24) is 15.0 Å². The zero-order valence-corrected chi connectivity index (χ0v) is 12.2. The number of likely N-dealkylation sites (tertiary alicyclic amines) is 1. The molecule has 1 aliphatic heterocycles. The van der Waals surface area contributed by atoms with Crippen molar-refractivity contribution < 1.29 is 18.4 Å². The monoisotopic (exact) mass is 305 g/mol. The SMILES string of the molecule is Cc1noc(C2CCCN2C(=O)COc2ccc(F)cc2)n1. The van der Waals surface area contributed by atoms with Crippen LogP contribution >= 0.6 is 0 Å². The van der Waals surface area contributed by atoms with Crippen LogP contribution in [0.25, 0.3) is 0 Å². The largest absolute Gasteiger partial charge is 0.484 e. The second-order valence-electron chi connectivity index (χ2n) is 5.17. The van der Waals surface area contributed by atoms with Crippen LogP contribution in [-0.4, -0.2) is 34.1 Å². The highest BCUT2D eigenvalue weighted by molar-refractivity contribution is 5.78. The molecule has 3 rings (SSSR count). The molecule has 1 aromatic carbocycles. The van der Waals surface area contributed by atoms with E-state index in [9.17, 15) is 9.18 Å². The highest BCUT2D eigenvalue weighted by Crippen LogP contribution is 2.30. The Hall–Kier alpha value is -2.44. The first-order valence-corrected chi connectivity index (χ1v) is 7.11. The maximum Gasteiger partial charge on any atom is 0.261 e. The number of carbonyl (C=O) groups excluding carboxylic acids is 1. The first-order valence-electron chi connectivity index (χ1n) is 7.11. The molecule has 1 saturated heterocycles. The number of amides is 1. The molecule has 0 saturated carbocycles. The highest BCUT2D eigenvalue weighted by atomic mass is 19.1. The summed E-state index contributed by atoms with van der Waals surface area (Å²) < 4.78 is 23.4. The van der Waals surface area contributed by atoms with Crippen molar-refractivity contribution in [3.63, 3.8) is 0 Å². The molecule has 116 valence electrons. The maximum absolute atomic E-state index is 12.8. The summed E-state index contributed by atoms with van der Waals surface area (Å²) in [5.74, 6) is 0.980. The topological polar surface area (TPSA) is 68.5 Å². The highest BCUT2D eigenvalue weighted by Gasteiger charge is 2.33. The lowest BCUT2D eigenvalue weighted by atomic mass is 10.2. The summed E-state index contributed by atoms with van der Waals surface area (Å²) in [5, 5.41) is 3.77. The van der Waals surface area contributed by atoms with Crippen molar-refractivity contribution in [1.29, 1.82) is 0 Å². The van der Waals surface area contributed by atoms with Gasteiger partial charge in [-0.15, -0.1) is 0 Å². The maximum atomic E-state index is 12.8. The molecular weight excluding hydrogens is 289 g/mol. The van der Waals surface area contributed by atoms with Crippen molar-refractivity contribution >= 4 is 5.91 Å². The summed E-state index contributed by atoms with van der Waals surface area (Å²) in [6, 6.07) is 5.38. The standard InChI is InChI=1S/C15H16FN3O3/c1-10-17-15(22-18-10)13-3-2-8-19(13)14(20)9-21-12-6-4-11(16)5-7-12/h4-7,13H,2-3,8-9H2,1H3. The fourth-order valence-electron chi connectivity index (χ4n) is 2.53. The molecule has 1 atom stereocenters. The van der Waals surface area contributed by atoms with Crippen molar-refractivity contribution in [2.45, 2.75) is 25.8 Å². The third-order valence-electron chi connectivity index (χ3n) is 3.58.